The molecule has 4 rings (SSSR count). The molecular weight excluding hydrogens is 254 g/mol. The lowest BCUT2D eigenvalue weighted by Crippen LogP contribution is -2.34. The van der Waals surface area contributed by atoms with Crippen LogP contribution in [0.5, 0.6) is 0 Å². The summed E-state index contributed by atoms with van der Waals surface area (Å²) in [5, 5.41) is 14.6. The van der Waals surface area contributed by atoms with E-state index in [1.54, 1.807) is 6.20 Å². The standard InChI is InChI=1S/C13H19N7/c1-14-13-17-11(8-7-15-19-12(8)18-13)16-9-4-6-20-5-2-3-10(9)20/h7,9-10H,2-6H2,1H3,(H3,14,15,16,17,18,19). The van der Waals surface area contributed by atoms with Gasteiger partial charge in [-0.3, -0.25) is 10.00 Å². The highest BCUT2D eigenvalue weighted by Crippen LogP contribution is 2.31. The van der Waals surface area contributed by atoms with Gasteiger partial charge in [0.1, 0.15) is 5.82 Å². The first-order valence-corrected chi connectivity index (χ1v) is 7.24. The highest BCUT2D eigenvalue weighted by Gasteiger charge is 2.37. The van der Waals surface area contributed by atoms with Gasteiger partial charge in [-0.1, -0.05) is 0 Å². The Morgan fingerprint density at radius 1 is 1.30 bits per heavy atom. The number of hydrogen-bond donors (Lipinski definition) is 3. The van der Waals surface area contributed by atoms with Gasteiger partial charge in [-0.25, -0.2) is 0 Å². The van der Waals surface area contributed by atoms with Crippen molar-refractivity contribution < 1.29 is 0 Å². The van der Waals surface area contributed by atoms with Gasteiger partial charge in [-0.15, -0.1) is 0 Å². The van der Waals surface area contributed by atoms with Crippen molar-refractivity contribution in [2.24, 2.45) is 0 Å². The highest BCUT2D eigenvalue weighted by atomic mass is 15.3. The maximum absolute atomic E-state index is 4.56. The van der Waals surface area contributed by atoms with Crippen molar-refractivity contribution in [2.75, 3.05) is 30.8 Å². The zero-order valence-corrected chi connectivity index (χ0v) is 11.6. The molecule has 2 saturated heterocycles. The predicted molar refractivity (Wildman–Crippen MR) is 77.9 cm³/mol. The number of aromatic amines is 1. The summed E-state index contributed by atoms with van der Waals surface area (Å²) in [4.78, 5) is 11.5. The summed E-state index contributed by atoms with van der Waals surface area (Å²) in [7, 11) is 1.83. The second-order valence-electron chi connectivity index (χ2n) is 5.56. The average molecular weight is 273 g/mol. The summed E-state index contributed by atoms with van der Waals surface area (Å²) in [5.41, 5.74) is 0.771. The Hall–Kier alpha value is -1.89. The molecule has 4 heterocycles. The normalized spacial score (nSPS) is 26.1. The molecular formula is C13H19N7. The summed E-state index contributed by atoms with van der Waals surface area (Å²) in [6, 6.07) is 1.14. The summed E-state index contributed by atoms with van der Waals surface area (Å²) in [6.45, 7) is 2.44. The molecule has 0 aromatic carbocycles. The average Bonchev–Trinajstić information content (AvgIpc) is 3.15. The molecule has 2 aromatic heterocycles. The van der Waals surface area contributed by atoms with E-state index < -0.39 is 0 Å². The molecule has 0 bridgehead atoms. The number of anilines is 2. The molecule has 0 amide bonds. The molecule has 7 heteroatoms. The van der Waals surface area contributed by atoms with Crippen LogP contribution in [0.1, 0.15) is 19.3 Å². The fourth-order valence-electron chi connectivity index (χ4n) is 3.48. The lowest BCUT2D eigenvalue weighted by molar-refractivity contribution is 0.318. The van der Waals surface area contributed by atoms with Crippen molar-refractivity contribution in [1.82, 2.24) is 25.1 Å². The number of hydrogen-bond acceptors (Lipinski definition) is 6. The molecule has 2 atom stereocenters. The van der Waals surface area contributed by atoms with Crippen molar-refractivity contribution in [1.29, 1.82) is 0 Å². The molecule has 106 valence electrons. The molecule has 0 saturated carbocycles. The third-order valence-electron chi connectivity index (χ3n) is 4.46. The molecule has 2 aliphatic heterocycles. The first-order valence-electron chi connectivity index (χ1n) is 7.24. The van der Waals surface area contributed by atoms with Crippen LogP contribution in [0.2, 0.25) is 0 Å². The van der Waals surface area contributed by atoms with Crippen molar-refractivity contribution in [3.05, 3.63) is 6.20 Å². The Morgan fingerprint density at radius 3 is 3.15 bits per heavy atom. The van der Waals surface area contributed by atoms with Gasteiger partial charge in [0.2, 0.25) is 5.95 Å². The maximum atomic E-state index is 4.56. The Morgan fingerprint density at radius 2 is 2.25 bits per heavy atom. The molecule has 2 aliphatic rings. The predicted octanol–water partition coefficient (Wildman–Crippen LogP) is 1.04. The minimum atomic E-state index is 0.482. The molecule has 2 fully saturated rings. The Bertz CT molecular complexity index is 622. The second-order valence-corrected chi connectivity index (χ2v) is 5.56. The Kier molecular flexibility index (Phi) is 2.73. The maximum Gasteiger partial charge on any atom is 0.226 e. The van der Waals surface area contributed by atoms with E-state index >= 15 is 0 Å². The van der Waals surface area contributed by atoms with Crippen LogP contribution in [0, 0.1) is 0 Å². The number of rotatable bonds is 3. The Labute approximate surface area is 117 Å². The minimum Gasteiger partial charge on any atom is -0.365 e. The summed E-state index contributed by atoms with van der Waals surface area (Å²) < 4.78 is 0. The van der Waals surface area contributed by atoms with Gasteiger partial charge in [-0.05, 0) is 25.8 Å². The van der Waals surface area contributed by atoms with Crippen LogP contribution in [0.25, 0.3) is 11.0 Å². The minimum absolute atomic E-state index is 0.482. The molecule has 3 N–H and O–H groups in total. The second kappa shape index (κ2) is 4.59. The molecule has 0 aliphatic carbocycles. The van der Waals surface area contributed by atoms with Crippen LogP contribution >= 0.6 is 0 Å². The van der Waals surface area contributed by atoms with Gasteiger partial charge in [0.25, 0.3) is 0 Å². The van der Waals surface area contributed by atoms with Crippen LogP contribution < -0.4 is 10.6 Å². The van der Waals surface area contributed by atoms with Crippen LogP contribution in [0.4, 0.5) is 11.8 Å². The van der Waals surface area contributed by atoms with E-state index in [2.05, 4.69) is 35.7 Å². The largest absolute Gasteiger partial charge is 0.365 e. The highest BCUT2D eigenvalue weighted by molar-refractivity contribution is 5.87. The van der Waals surface area contributed by atoms with Crippen molar-refractivity contribution in [3.8, 4) is 0 Å². The summed E-state index contributed by atoms with van der Waals surface area (Å²) in [5.74, 6) is 1.50. The van der Waals surface area contributed by atoms with E-state index in [4.69, 9.17) is 0 Å². The van der Waals surface area contributed by atoms with E-state index in [0.29, 0.717) is 18.0 Å². The number of nitrogens with zero attached hydrogens (tertiary/aromatic N) is 4. The van der Waals surface area contributed by atoms with E-state index in [1.165, 1.54) is 32.4 Å². The van der Waals surface area contributed by atoms with E-state index in [0.717, 1.165) is 16.9 Å². The monoisotopic (exact) mass is 273 g/mol. The summed E-state index contributed by atoms with van der Waals surface area (Å²) >= 11 is 0. The zero-order chi connectivity index (χ0) is 13.5. The fraction of sp³-hybridized carbons (Fsp3) is 0.615. The van der Waals surface area contributed by atoms with Crippen LogP contribution in [-0.4, -0.2) is 57.3 Å². The molecule has 7 nitrogen and oxygen atoms in total. The van der Waals surface area contributed by atoms with E-state index in [9.17, 15) is 0 Å². The molecule has 2 unspecified atom stereocenters. The van der Waals surface area contributed by atoms with Crippen LogP contribution in [0.3, 0.4) is 0 Å². The molecule has 20 heavy (non-hydrogen) atoms. The van der Waals surface area contributed by atoms with Crippen LogP contribution in [0.15, 0.2) is 6.20 Å². The smallest absolute Gasteiger partial charge is 0.226 e. The first kappa shape index (κ1) is 11.9. The van der Waals surface area contributed by atoms with Gasteiger partial charge in [0.15, 0.2) is 5.65 Å². The van der Waals surface area contributed by atoms with Crippen molar-refractivity contribution in [2.45, 2.75) is 31.3 Å². The van der Waals surface area contributed by atoms with Gasteiger partial charge in [-0.2, -0.15) is 15.1 Å². The van der Waals surface area contributed by atoms with Gasteiger partial charge < -0.3 is 10.6 Å². The van der Waals surface area contributed by atoms with E-state index in [-0.39, 0.29) is 0 Å². The third kappa shape index (κ3) is 1.81. The lowest BCUT2D eigenvalue weighted by atomic mass is 10.1. The van der Waals surface area contributed by atoms with Gasteiger partial charge in [0.05, 0.1) is 11.6 Å². The quantitative estimate of drug-likeness (QED) is 0.775. The van der Waals surface area contributed by atoms with Crippen LogP contribution in [-0.2, 0) is 0 Å². The van der Waals surface area contributed by atoms with E-state index in [1.807, 2.05) is 7.05 Å². The lowest BCUT2D eigenvalue weighted by Gasteiger charge is -2.22. The van der Waals surface area contributed by atoms with Crippen molar-refractivity contribution >= 4 is 22.8 Å². The van der Waals surface area contributed by atoms with Gasteiger partial charge >= 0.3 is 0 Å². The number of H-pyrrole nitrogens is 1. The zero-order valence-electron chi connectivity index (χ0n) is 11.6. The molecule has 0 spiro atoms. The Balaban J connectivity index is 1.66. The number of aromatic nitrogens is 4. The number of nitrogens with one attached hydrogen (secondary N) is 3. The first-order chi connectivity index (χ1) is 9.85. The third-order valence-corrected chi connectivity index (χ3v) is 4.46. The topological polar surface area (TPSA) is 81.8 Å². The number of fused-ring (bicyclic) bond motifs is 2. The molecule has 0 radical (unpaired) electrons. The van der Waals surface area contributed by atoms with Gasteiger partial charge in [0, 0.05) is 25.7 Å². The fourth-order valence-corrected chi connectivity index (χ4v) is 3.48. The molecule has 2 aromatic rings. The van der Waals surface area contributed by atoms with Crippen molar-refractivity contribution in [3.63, 3.8) is 0 Å². The summed E-state index contributed by atoms with van der Waals surface area (Å²) in [6.07, 6.45) is 5.58. The SMILES string of the molecule is CNc1nc(NC2CCN3CCCC23)c2cn[nH]c2n1.